The highest BCUT2D eigenvalue weighted by Gasteiger charge is 2.52. The van der Waals surface area contributed by atoms with Crippen molar-refractivity contribution in [2.24, 2.45) is 0 Å². The molecule has 0 amide bonds. The minimum absolute atomic E-state index is 0.0915. The van der Waals surface area contributed by atoms with Crippen LogP contribution in [0.2, 0.25) is 0 Å². The fraction of sp³-hybridized carbons (Fsp3) is 0.682. The monoisotopic (exact) mass is 418 g/mol. The molecule has 0 saturated carbocycles. The minimum Gasteiger partial charge on any atom is -0.399 e. The van der Waals surface area contributed by atoms with Crippen molar-refractivity contribution in [3.8, 4) is 0 Å². The lowest BCUT2D eigenvalue weighted by Gasteiger charge is -2.32. The topological polar surface area (TPSA) is 54.7 Å². The highest BCUT2D eigenvalue weighted by atomic mass is 19.1. The Morgan fingerprint density at radius 2 is 1.90 bits per heavy atom. The summed E-state index contributed by atoms with van der Waals surface area (Å²) in [7, 11) is -0.625. The number of fused-ring (bicyclic) bond motifs is 1. The van der Waals surface area contributed by atoms with Gasteiger partial charge >= 0.3 is 7.12 Å². The summed E-state index contributed by atoms with van der Waals surface area (Å²) in [6.07, 6.45) is 2.82. The second-order valence-electron chi connectivity index (χ2n) is 9.56. The fourth-order valence-corrected chi connectivity index (χ4v) is 4.02. The Bertz CT molecular complexity index is 905. The number of aromatic nitrogens is 2. The molecule has 0 spiro atoms. The van der Waals surface area contributed by atoms with Gasteiger partial charge in [0, 0.05) is 12.6 Å². The molecular weight excluding hydrogens is 386 g/mol. The van der Waals surface area contributed by atoms with Crippen molar-refractivity contribution in [1.82, 2.24) is 9.55 Å². The molecule has 1 unspecified atom stereocenters. The van der Waals surface area contributed by atoms with E-state index in [9.17, 15) is 0 Å². The number of ether oxygens (including phenoxy) is 2. The number of nitrogens with zero attached hydrogens (tertiary/aromatic N) is 2. The lowest BCUT2D eigenvalue weighted by molar-refractivity contribution is -0.170. The van der Waals surface area contributed by atoms with Crippen LogP contribution in [0.25, 0.3) is 11.0 Å². The van der Waals surface area contributed by atoms with Crippen LogP contribution in [0.5, 0.6) is 0 Å². The first-order chi connectivity index (χ1) is 14.1. The summed E-state index contributed by atoms with van der Waals surface area (Å²) >= 11 is 0. The third kappa shape index (κ3) is 3.90. The first kappa shape index (κ1) is 21.7. The van der Waals surface area contributed by atoms with Crippen molar-refractivity contribution >= 4 is 23.6 Å². The lowest BCUT2D eigenvalue weighted by Crippen LogP contribution is -2.41. The van der Waals surface area contributed by atoms with Crippen molar-refractivity contribution in [3.05, 3.63) is 23.8 Å². The van der Waals surface area contributed by atoms with Gasteiger partial charge in [0.15, 0.2) is 12.1 Å². The average molecular weight is 418 g/mol. The van der Waals surface area contributed by atoms with Gasteiger partial charge in [-0.15, -0.1) is 0 Å². The van der Waals surface area contributed by atoms with Gasteiger partial charge in [0.25, 0.3) is 0 Å². The molecule has 2 aliphatic heterocycles. The number of benzene rings is 1. The molecular formula is C22H32BFN2O4. The summed E-state index contributed by atoms with van der Waals surface area (Å²) in [5.74, 6) is 0.311. The molecule has 4 rings (SSSR count). The molecule has 2 saturated heterocycles. The van der Waals surface area contributed by atoms with Crippen molar-refractivity contribution in [1.29, 1.82) is 0 Å². The smallest absolute Gasteiger partial charge is 0.399 e. The zero-order valence-electron chi connectivity index (χ0n) is 18.8. The van der Waals surface area contributed by atoms with Crippen molar-refractivity contribution in [2.75, 3.05) is 6.61 Å². The van der Waals surface area contributed by atoms with Crippen LogP contribution < -0.4 is 5.46 Å². The molecule has 0 bridgehead atoms. The molecule has 3 heterocycles. The van der Waals surface area contributed by atoms with Gasteiger partial charge in [0.1, 0.15) is 17.9 Å². The molecule has 6 nitrogen and oxygen atoms in total. The Kier molecular flexibility index (Phi) is 5.72. The average Bonchev–Trinajstić information content (AvgIpc) is 3.15. The first-order valence-corrected chi connectivity index (χ1v) is 10.9. The second-order valence-corrected chi connectivity index (χ2v) is 9.56. The zero-order chi connectivity index (χ0) is 21.7. The lowest BCUT2D eigenvalue weighted by atomic mass is 9.79. The van der Waals surface area contributed by atoms with Crippen molar-refractivity contribution < 1.29 is 23.2 Å². The molecule has 0 N–H and O–H groups in total. The van der Waals surface area contributed by atoms with Crippen LogP contribution in [0, 0.1) is 5.82 Å². The van der Waals surface area contributed by atoms with E-state index in [-0.39, 0.29) is 24.8 Å². The number of hydrogen-bond acceptors (Lipinski definition) is 5. The van der Waals surface area contributed by atoms with E-state index in [1.807, 2.05) is 38.3 Å². The van der Waals surface area contributed by atoms with Gasteiger partial charge in [0.05, 0.1) is 16.7 Å². The van der Waals surface area contributed by atoms with Crippen molar-refractivity contribution in [3.63, 3.8) is 0 Å². The normalized spacial score (nSPS) is 23.6. The van der Waals surface area contributed by atoms with Gasteiger partial charge in [-0.05, 0) is 78.4 Å². The predicted octanol–water partition coefficient (Wildman–Crippen LogP) is 4.10. The third-order valence-corrected chi connectivity index (χ3v) is 6.42. The highest BCUT2D eigenvalue weighted by Crippen LogP contribution is 2.37. The second kappa shape index (κ2) is 7.90. The standard InChI is InChI=1S/C22H32BFN2O4/c1-14(2)26-17-12-15(23-29-21(3,4)22(5,6)30-23)11-16(24)20(17)25-18(26)13-28-19-9-7-8-10-27-19/h11-12,14,19H,7-10,13H2,1-6H3. The van der Waals surface area contributed by atoms with E-state index < -0.39 is 18.3 Å². The SMILES string of the molecule is CC(C)n1c(COC2CCCCO2)nc2c(F)cc(B3OC(C)(C)C(C)(C)O3)cc21. The van der Waals surface area contributed by atoms with Gasteiger partial charge in [-0.1, -0.05) is 0 Å². The Morgan fingerprint density at radius 3 is 2.50 bits per heavy atom. The highest BCUT2D eigenvalue weighted by molar-refractivity contribution is 6.62. The van der Waals surface area contributed by atoms with E-state index >= 15 is 4.39 Å². The number of rotatable bonds is 5. The molecule has 2 fully saturated rings. The van der Waals surface area contributed by atoms with E-state index in [0.29, 0.717) is 16.8 Å². The summed E-state index contributed by atoms with van der Waals surface area (Å²) in [5, 5.41) is 0. The molecule has 2 aliphatic rings. The Morgan fingerprint density at radius 1 is 1.20 bits per heavy atom. The summed E-state index contributed by atoms with van der Waals surface area (Å²) in [6, 6.07) is 3.49. The summed E-state index contributed by atoms with van der Waals surface area (Å²) in [4.78, 5) is 4.57. The van der Waals surface area contributed by atoms with Gasteiger partial charge in [-0.3, -0.25) is 0 Å². The van der Waals surface area contributed by atoms with Gasteiger partial charge in [0.2, 0.25) is 0 Å². The van der Waals surface area contributed by atoms with Crippen LogP contribution in [-0.2, 0) is 25.4 Å². The quantitative estimate of drug-likeness (QED) is 0.685. The number of hydrogen-bond donors (Lipinski definition) is 0. The molecule has 1 aromatic carbocycles. The fourth-order valence-electron chi connectivity index (χ4n) is 4.02. The maximum atomic E-state index is 15.1. The van der Waals surface area contributed by atoms with E-state index in [1.165, 1.54) is 6.07 Å². The zero-order valence-corrected chi connectivity index (χ0v) is 18.8. The molecule has 2 aromatic rings. The van der Waals surface area contributed by atoms with Gasteiger partial charge in [-0.2, -0.15) is 0 Å². The predicted molar refractivity (Wildman–Crippen MR) is 114 cm³/mol. The van der Waals surface area contributed by atoms with Crippen LogP contribution in [0.4, 0.5) is 4.39 Å². The summed E-state index contributed by atoms with van der Waals surface area (Å²) in [6.45, 7) is 13.1. The van der Waals surface area contributed by atoms with Crippen LogP contribution in [0.3, 0.4) is 0 Å². The van der Waals surface area contributed by atoms with Crippen LogP contribution >= 0.6 is 0 Å². The minimum atomic E-state index is -0.625. The van der Waals surface area contributed by atoms with Crippen LogP contribution in [0.15, 0.2) is 12.1 Å². The molecule has 0 aliphatic carbocycles. The number of halogens is 1. The van der Waals surface area contributed by atoms with Gasteiger partial charge in [-0.25, -0.2) is 9.37 Å². The third-order valence-electron chi connectivity index (χ3n) is 6.42. The van der Waals surface area contributed by atoms with Crippen molar-refractivity contribution in [2.45, 2.75) is 90.9 Å². The maximum absolute atomic E-state index is 15.1. The maximum Gasteiger partial charge on any atom is 0.495 e. The first-order valence-electron chi connectivity index (χ1n) is 10.9. The van der Waals surface area contributed by atoms with Crippen LogP contribution in [-0.4, -0.2) is 40.8 Å². The van der Waals surface area contributed by atoms with E-state index in [1.54, 1.807) is 0 Å². The molecule has 1 aromatic heterocycles. The Labute approximate surface area is 178 Å². The molecule has 1 atom stereocenters. The van der Waals surface area contributed by atoms with E-state index in [0.717, 1.165) is 31.4 Å². The van der Waals surface area contributed by atoms with E-state index in [4.69, 9.17) is 18.8 Å². The molecule has 164 valence electrons. The van der Waals surface area contributed by atoms with Gasteiger partial charge < -0.3 is 23.3 Å². The molecule has 30 heavy (non-hydrogen) atoms. The van der Waals surface area contributed by atoms with E-state index in [2.05, 4.69) is 18.8 Å². The Balaban J connectivity index is 1.67. The summed E-state index contributed by atoms with van der Waals surface area (Å²) in [5.41, 5.74) is 0.745. The molecule has 8 heteroatoms. The summed E-state index contributed by atoms with van der Waals surface area (Å²) < 4.78 is 41.0. The largest absolute Gasteiger partial charge is 0.495 e. The molecule has 0 radical (unpaired) electrons. The Hall–Kier alpha value is -1.48. The van der Waals surface area contributed by atoms with Crippen LogP contribution in [0.1, 0.15) is 72.7 Å². The number of imidazole rings is 1.